The minimum Gasteiger partial charge on any atom is -0.342 e. The van der Waals surface area contributed by atoms with Gasteiger partial charge >= 0.3 is 0 Å². The summed E-state index contributed by atoms with van der Waals surface area (Å²) in [5.74, 6) is -0.341. The van der Waals surface area contributed by atoms with Gasteiger partial charge in [0.15, 0.2) is 0 Å². The number of benzene rings is 2. The predicted molar refractivity (Wildman–Crippen MR) is 104 cm³/mol. The number of nitrogens with one attached hydrogen (secondary N) is 2. The molecule has 2 fully saturated rings. The molecule has 2 aromatic carbocycles. The first-order valence-corrected chi connectivity index (χ1v) is 9.64. The second-order valence-corrected chi connectivity index (χ2v) is 7.65. The smallest absolute Gasteiger partial charge is 0.246 e. The number of amides is 2. The molecule has 2 heterocycles. The fourth-order valence-electron chi connectivity index (χ4n) is 4.00. The lowest BCUT2D eigenvalue weighted by molar-refractivity contribution is -0.147. The fraction of sp³-hybridized carbons (Fsp3) is 0.364. The molecule has 0 aliphatic carbocycles. The maximum Gasteiger partial charge on any atom is 0.246 e. The van der Waals surface area contributed by atoms with Crippen LogP contribution in [-0.4, -0.2) is 41.4 Å². The highest BCUT2D eigenvalue weighted by molar-refractivity contribution is 5.97. The van der Waals surface area contributed by atoms with Gasteiger partial charge in [-0.15, -0.1) is 0 Å². The summed E-state index contributed by atoms with van der Waals surface area (Å²) in [7, 11) is 0. The minimum atomic E-state index is -0.518. The minimum absolute atomic E-state index is 0.0135. The Hall–Kier alpha value is -2.73. The Morgan fingerprint density at radius 1 is 1.14 bits per heavy atom. The topological polar surface area (TPSA) is 61.4 Å². The third-order valence-corrected chi connectivity index (χ3v) is 5.62. The van der Waals surface area contributed by atoms with Crippen molar-refractivity contribution in [3.63, 3.8) is 0 Å². The van der Waals surface area contributed by atoms with Gasteiger partial charge in [-0.3, -0.25) is 9.59 Å². The van der Waals surface area contributed by atoms with Crippen molar-refractivity contribution >= 4 is 11.8 Å². The number of carbonyl (C=O) groups excluding carboxylic acids is 2. The lowest BCUT2D eigenvalue weighted by atomic mass is 10.0. The van der Waals surface area contributed by atoms with E-state index in [1.165, 1.54) is 6.07 Å². The van der Waals surface area contributed by atoms with E-state index in [-0.39, 0.29) is 23.7 Å². The van der Waals surface area contributed by atoms with Crippen LogP contribution in [0.3, 0.4) is 0 Å². The summed E-state index contributed by atoms with van der Waals surface area (Å²) in [5.41, 5.74) is 2.49. The van der Waals surface area contributed by atoms with Crippen LogP contribution in [0.2, 0.25) is 0 Å². The van der Waals surface area contributed by atoms with Crippen molar-refractivity contribution in [1.29, 1.82) is 0 Å². The van der Waals surface area contributed by atoms with E-state index < -0.39 is 12.1 Å². The summed E-state index contributed by atoms with van der Waals surface area (Å²) < 4.78 is 13.7. The molecule has 28 heavy (non-hydrogen) atoms. The maximum atomic E-state index is 13.7. The van der Waals surface area contributed by atoms with Crippen LogP contribution in [0.1, 0.15) is 23.1 Å². The summed E-state index contributed by atoms with van der Waals surface area (Å²) in [6.45, 7) is 2.74. The molecule has 0 bridgehead atoms. The Kier molecular flexibility index (Phi) is 5.13. The van der Waals surface area contributed by atoms with E-state index in [4.69, 9.17) is 0 Å². The maximum absolute atomic E-state index is 13.7. The average Bonchev–Trinajstić information content (AvgIpc) is 3.13. The van der Waals surface area contributed by atoms with Crippen molar-refractivity contribution in [3.05, 3.63) is 71.0 Å². The summed E-state index contributed by atoms with van der Waals surface area (Å²) in [6.07, 6.45) is 1.07. The second-order valence-electron chi connectivity index (χ2n) is 7.65. The third kappa shape index (κ3) is 3.78. The van der Waals surface area contributed by atoms with Gasteiger partial charge in [-0.25, -0.2) is 4.39 Å². The van der Waals surface area contributed by atoms with Gasteiger partial charge in [0.25, 0.3) is 0 Å². The molecule has 0 radical (unpaired) electrons. The van der Waals surface area contributed by atoms with Crippen molar-refractivity contribution in [3.8, 4) is 0 Å². The first kappa shape index (κ1) is 18.6. The molecule has 2 N–H and O–H groups in total. The molecule has 146 valence electrons. The van der Waals surface area contributed by atoms with Gasteiger partial charge in [0.1, 0.15) is 17.9 Å². The normalized spacial score (nSPS) is 24.2. The zero-order chi connectivity index (χ0) is 19.7. The van der Waals surface area contributed by atoms with Gasteiger partial charge in [-0.05, 0) is 36.1 Å². The van der Waals surface area contributed by atoms with Crippen LogP contribution in [0.5, 0.6) is 0 Å². The van der Waals surface area contributed by atoms with Crippen LogP contribution in [-0.2, 0) is 22.6 Å². The van der Waals surface area contributed by atoms with Crippen molar-refractivity contribution < 1.29 is 14.0 Å². The highest BCUT2D eigenvalue weighted by atomic mass is 19.1. The van der Waals surface area contributed by atoms with E-state index in [0.29, 0.717) is 31.5 Å². The number of nitrogens with zero attached hydrogens (tertiary/aromatic N) is 1. The Morgan fingerprint density at radius 3 is 2.68 bits per heavy atom. The van der Waals surface area contributed by atoms with Crippen molar-refractivity contribution in [1.82, 2.24) is 15.5 Å². The molecule has 6 heteroatoms. The van der Waals surface area contributed by atoms with Gasteiger partial charge in [-0.1, -0.05) is 42.5 Å². The van der Waals surface area contributed by atoms with E-state index in [0.717, 1.165) is 11.1 Å². The molecule has 0 unspecified atom stereocenters. The van der Waals surface area contributed by atoms with Crippen LogP contribution in [0, 0.1) is 12.7 Å². The van der Waals surface area contributed by atoms with Gasteiger partial charge in [0, 0.05) is 25.6 Å². The first-order chi connectivity index (χ1) is 13.5. The summed E-state index contributed by atoms with van der Waals surface area (Å²) in [5, 5.41) is 6.25. The number of carbonyl (C=O) groups is 2. The lowest BCUT2D eigenvalue weighted by Crippen LogP contribution is -2.61. The molecule has 2 aromatic rings. The van der Waals surface area contributed by atoms with Crippen LogP contribution < -0.4 is 10.6 Å². The second kappa shape index (κ2) is 7.72. The molecule has 2 aliphatic rings. The molecular formula is C22H24FN3O2. The Balaban J connectivity index is 1.39. The molecule has 2 aliphatic heterocycles. The number of hydrogen-bond donors (Lipinski definition) is 2. The first-order valence-electron chi connectivity index (χ1n) is 9.64. The molecule has 0 aromatic heterocycles. The molecule has 4 rings (SSSR count). The largest absolute Gasteiger partial charge is 0.342 e. The van der Waals surface area contributed by atoms with Gasteiger partial charge < -0.3 is 15.5 Å². The number of halogens is 1. The summed E-state index contributed by atoms with van der Waals surface area (Å²) in [4.78, 5) is 27.1. The van der Waals surface area contributed by atoms with E-state index in [1.807, 2.05) is 36.4 Å². The van der Waals surface area contributed by atoms with Crippen LogP contribution >= 0.6 is 0 Å². The van der Waals surface area contributed by atoms with Crippen LogP contribution in [0.25, 0.3) is 0 Å². The molecule has 0 spiro atoms. The SMILES string of the molecule is Cc1ccc(CN[C@H]2C[C@H]3C(=O)N[C@@H](Cc4ccccc4)C(=O)N3C2)cc1F. The predicted octanol–water partition coefficient (Wildman–Crippen LogP) is 1.93. The number of aryl methyl sites for hydroxylation is 1. The standard InChI is InChI=1S/C22H24FN3O2/c1-14-7-8-16(9-18(14)23)12-24-17-11-20-21(27)25-19(22(28)26(20)13-17)10-15-5-3-2-4-6-15/h2-9,17,19-20,24H,10-13H2,1H3,(H,25,27)/t17-,19-,20-/m0/s1. The molecule has 2 saturated heterocycles. The number of hydrogen-bond acceptors (Lipinski definition) is 3. The third-order valence-electron chi connectivity index (χ3n) is 5.62. The average molecular weight is 381 g/mol. The Morgan fingerprint density at radius 2 is 1.93 bits per heavy atom. The summed E-state index contributed by atoms with van der Waals surface area (Å²) >= 11 is 0. The van der Waals surface area contributed by atoms with E-state index in [2.05, 4.69) is 10.6 Å². The Bertz CT molecular complexity index is 887. The zero-order valence-corrected chi connectivity index (χ0v) is 15.8. The number of piperazine rings is 1. The molecule has 3 atom stereocenters. The highest BCUT2D eigenvalue weighted by Gasteiger charge is 2.46. The van der Waals surface area contributed by atoms with Gasteiger partial charge in [0.2, 0.25) is 11.8 Å². The monoisotopic (exact) mass is 381 g/mol. The summed E-state index contributed by atoms with van der Waals surface area (Å²) in [6, 6.07) is 13.9. The van der Waals surface area contributed by atoms with E-state index in [9.17, 15) is 14.0 Å². The fourth-order valence-corrected chi connectivity index (χ4v) is 4.00. The quantitative estimate of drug-likeness (QED) is 0.832. The van der Waals surface area contributed by atoms with Crippen molar-refractivity contribution in [2.45, 2.75) is 44.4 Å². The zero-order valence-electron chi connectivity index (χ0n) is 15.8. The van der Waals surface area contributed by atoms with Crippen LogP contribution in [0.4, 0.5) is 4.39 Å². The number of rotatable bonds is 5. The van der Waals surface area contributed by atoms with Crippen molar-refractivity contribution in [2.24, 2.45) is 0 Å². The van der Waals surface area contributed by atoms with Gasteiger partial charge in [-0.2, -0.15) is 0 Å². The van der Waals surface area contributed by atoms with E-state index in [1.54, 1.807) is 17.9 Å². The Labute approximate surface area is 163 Å². The highest BCUT2D eigenvalue weighted by Crippen LogP contribution is 2.24. The lowest BCUT2D eigenvalue weighted by Gasteiger charge is -2.34. The van der Waals surface area contributed by atoms with Crippen LogP contribution in [0.15, 0.2) is 48.5 Å². The number of fused-ring (bicyclic) bond motifs is 1. The van der Waals surface area contributed by atoms with Crippen molar-refractivity contribution in [2.75, 3.05) is 6.54 Å². The molecular weight excluding hydrogens is 357 g/mol. The molecule has 2 amide bonds. The van der Waals surface area contributed by atoms with E-state index >= 15 is 0 Å². The molecule has 0 saturated carbocycles. The van der Waals surface area contributed by atoms with Gasteiger partial charge in [0.05, 0.1) is 0 Å². The molecule has 5 nitrogen and oxygen atoms in total.